The number of hydrogen-bond donors (Lipinski definition) is 0. The molecule has 0 amide bonds. The number of aromatic nitrogens is 2. The molecule has 0 aliphatic heterocycles. The second-order valence-electron chi connectivity index (χ2n) is 2.77. The van der Waals surface area contributed by atoms with Crippen molar-refractivity contribution >= 4 is 23.6 Å². The van der Waals surface area contributed by atoms with Gasteiger partial charge in [-0.2, -0.15) is 5.10 Å². The molecule has 0 fully saturated rings. The number of hydrogen-bond acceptors (Lipinski definition) is 3. The summed E-state index contributed by atoms with van der Waals surface area (Å²) < 4.78 is 6.01. The third-order valence-corrected chi connectivity index (χ3v) is 2.23. The molecule has 76 valence electrons. The minimum atomic E-state index is -0.413. The summed E-state index contributed by atoms with van der Waals surface area (Å²) in [5.41, 5.74) is 1.51. The molecule has 5 heteroatoms. The maximum atomic E-state index is 10.8. The predicted octanol–water partition coefficient (Wildman–Crippen LogP) is 1.57. The monoisotopic (exact) mass is 214 g/mol. The summed E-state index contributed by atoms with van der Waals surface area (Å²) in [5, 5.41) is 4.60. The average molecular weight is 215 g/mol. The predicted molar refractivity (Wildman–Crippen MR) is 54.0 cm³/mol. The van der Waals surface area contributed by atoms with Crippen LogP contribution in [0.2, 0.25) is 5.15 Å². The summed E-state index contributed by atoms with van der Waals surface area (Å²) in [7, 11) is 3.06. The Balaban J connectivity index is 2.97. The van der Waals surface area contributed by atoms with Crippen LogP contribution in [0.5, 0.6) is 0 Å². The zero-order valence-electron chi connectivity index (χ0n) is 8.24. The van der Waals surface area contributed by atoms with Crippen LogP contribution in [-0.2, 0) is 16.6 Å². The van der Waals surface area contributed by atoms with E-state index in [4.69, 9.17) is 11.6 Å². The van der Waals surface area contributed by atoms with Crippen molar-refractivity contribution in [3.63, 3.8) is 0 Å². The van der Waals surface area contributed by atoms with Gasteiger partial charge in [0.2, 0.25) is 0 Å². The first-order valence-electron chi connectivity index (χ1n) is 4.01. The van der Waals surface area contributed by atoms with Crippen LogP contribution < -0.4 is 0 Å². The van der Waals surface area contributed by atoms with Crippen molar-refractivity contribution in [3.05, 3.63) is 22.5 Å². The highest BCUT2D eigenvalue weighted by Gasteiger charge is 2.07. The number of ether oxygens (including phenoxy) is 1. The summed E-state index contributed by atoms with van der Waals surface area (Å²) in [6.07, 6.45) is 2.91. The average Bonchev–Trinajstić information content (AvgIpc) is 2.39. The summed E-state index contributed by atoms with van der Waals surface area (Å²) in [5.74, 6) is -0.413. The van der Waals surface area contributed by atoms with Gasteiger partial charge in [0.15, 0.2) is 0 Å². The van der Waals surface area contributed by atoms with E-state index in [1.54, 1.807) is 17.8 Å². The van der Waals surface area contributed by atoms with E-state index in [2.05, 4.69) is 9.84 Å². The molecule has 14 heavy (non-hydrogen) atoms. The van der Waals surface area contributed by atoms with Crippen LogP contribution >= 0.6 is 11.6 Å². The van der Waals surface area contributed by atoms with Crippen molar-refractivity contribution in [1.82, 2.24) is 9.78 Å². The highest BCUT2D eigenvalue weighted by molar-refractivity contribution is 6.31. The lowest BCUT2D eigenvalue weighted by Crippen LogP contribution is -1.93. The molecule has 0 saturated heterocycles. The molecule has 0 atom stereocenters. The summed E-state index contributed by atoms with van der Waals surface area (Å²) in [6, 6.07) is 0. The number of nitrogens with zero attached hydrogens (tertiary/aromatic N) is 2. The van der Waals surface area contributed by atoms with E-state index in [0.29, 0.717) is 5.15 Å². The lowest BCUT2D eigenvalue weighted by Gasteiger charge is -1.92. The number of carbonyl (C=O) groups excluding carboxylic acids is 1. The Labute approximate surface area is 87.1 Å². The van der Waals surface area contributed by atoms with Crippen molar-refractivity contribution in [2.24, 2.45) is 7.05 Å². The van der Waals surface area contributed by atoms with Gasteiger partial charge in [-0.1, -0.05) is 11.6 Å². The van der Waals surface area contributed by atoms with E-state index in [1.807, 2.05) is 6.92 Å². The Bertz CT molecular complexity index is 382. The highest BCUT2D eigenvalue weighted by Crippen LogP contribution is 2.19. The highest BCUT2D eigenvalue weighted by atomic mass is 35.5. The van der Waals surface area contributed by atoms with Gasteiger partial charge in [0.05, 0.1) is 12.8 Å². The van der Waals surface area contributed by atoms with E-state index in [0.717, 1.165) is 11.3 Å². The molecule has 0 aromatic carbocycles. The normalized spacial score (nSPS) is 10.9. The second kappa shape index (κ2) is 4.28. The number of methoxy groups -OCH3 is 1. The van der Waals surface area contributed by atoms with Crippen molar-refractivity contribution in [2.75, 3.05) is 7.11 Å². The molecule has 1 aromatic heterocycles. The first kappa shape index (κ1) is 10.8. The van der Waals surface area contributed by atoms with E-state index in [9.17, 15) is 4.79 Å². The third kappa shape index (κ3) is 2.14. The van der Waals surface area contributed by atoms with Crippen LogP contribution in [-0.4, -0.2) is 22.9 Å². The summed E-state index contributed by atoms with van der Waals surface area (Å²) >= 11 is 5.94. The number of halogens is 1. The van der Waals surface area contributed by atoms with Crippen molar-refractivity contribution in [1.29, 1.82) is 0 Å². The van der Waals surface area contributed by atoms with Crippen molar-refractivity contribution in [2.45, 2.75) is 6.92 Å². The fourth-order valence-corrected chi connectivity index (χ4v) is 1.29. The fourth-order valence-electron chi connectivity index (χ4n) is 1.06. The van der Waals surface area contributed by atoms with E-state index < -0.39 is 5.97 Å². The smallest absolute Gasteiger partial charge is 0.330 e. The fraction of sp³-hybridized carbons (Fsp3) is 0.333. The molecule has 4 nitrogen and oxygen atoms in total. The van der Waals surface area contributed by atoms with Crippen LogP contribution in [0.3, 0.4) is 0 Å². The number of carbonyl (C=O) groups is 1. The molecule has 0 unspecified atom stereocenters. The Morgan fingerprint density at radius 1 is 1.64 bits per heavy atom. The lowest BCUT2D eigenvalue weighted by atomic mass is 10.2. The molecule has 0 saturated carbocycles. The molecule has 1 heterocycles. The minimum absolute atomic E-state index is 0.413. The lowest BCUT2D eigenvalue weighted by molar-refractivity contribution is -0.134. The Hall–Kier alpha value is -1.29. The summed E-state index contributed by atoms with van der Waals surface area (Å²) in [6.45, 7) is 1.82. The molecule has 1 rings (SSSR count). The molecule has 0 radical (unpaired) electrons. The van der Waals surface area contributed by atoms with Gasteiger partial charge in [0, 0.05) is 18.7 Å². The van der Waals surface area contributed by atoms with Gasteiger partial charge >= 0.3 is 5.97 Å². The van der Waals surface area contributed by atoms with Crippen LogP contribution in [0.1, 0.15) is 11.3 Å². The zero-order chi connectivity index (χ0) is 10.7. The topological polar surface area (TPSA) is 44.1 Å². The molecule has 0 spiro atoms. The standard InChI is InChI=1S/C9H11ClN2O2/c1-6-7(4-5-8(13)14-3)9(10)12(2)11-6/h4-5H,1-3H3. The summed E-state index contributed by atoms with van der Waals surface area (Å²) in [4.78, 5) is 10.8. The molecule has 0 bridgehead atoms. The Morgan fingerprint density at radius 3 is 2.71 bits per heavy atom. The van der Waals surface area contributed by atoms with Gasteiger partial charge in [-0.05, 0) is 13.0 Å². The zero-order valence-corrected chi connectivity index (χ0v) is 9.00. The molecule has 0 aliphatic rings. The van der Waals surface area contributed by atoms with Crippen LogP contribution in [0.4, 0.5) is 0 Å². The molecular formula is C9H11ClN2O2. The van der Waals surface area contributed by atoms with Gasteiger partial charge in [0.1, 0.15) is 5.15 Å². The maximum Gasteiger partial charge on any atom is 0.330 e. The van der Waals surface area contributed by atoms with Gasteiger partial charge in [-0.15, -0.1) is 0 Å². The maximum absolute atomic E-state index is 10.8. The van der Waals surface area contributed by atoms with Gasteiger partial charge < -0.3 is 4.74 Å². The van der Waals surface area contributed by atoms with E-state index in [-0.39, 0.29) is 0 Å². The van der Waals surface area contributed by atoms with Gasteiger partial charge in [-0.3, -0.25) is 4.68 Å². The van der Waals surface area contributed by atoms with Crippen molar-refractivity contribution in [3.8, 4) is 0 Å². The number of esters is 1. The second-order valence-corrected chi connectivity index (χ2v) is 3.13. The molecule has 1 aromatic rings. The quantitative estimate of drug-likeness (QED) is 0.555. The van der Waals surface area contributed by atoms with Crippen LogP contribution in [0, 0.1) is 6.92 Å². The van der Waals surface area contributed by atoms with E-state index in [1.165, 1.54) is 13.2 Å². The third-order valence-electron chi connectivity index (χ3n) is 1.78. The molecular weight excluding hydrogens is 204 g/mol. The number of rotatable bonds is 2. The Kier molecular flexibility index (Phi) is 3.30. The van der Waals surface area contributed by atoms with Gasteiger partial charge in [-0.25, -0.2) is 4.79 Å². The number of aryl methyl sites for hydroxylation is 2. The first-order valence-corrected chi connectivity index (χ1v) is 4.39. The molecule has 0 aliphatic carbocycles. The van der Waals surface area contributed by atoms with Crippen LogP contribution in [0.15, 0.2) is 6.08 Å². The first-order chi connectivity index (χ1) is 6.56. The minimum Gasteiger partial charge on any atom is -0.466 e. The van der Waals surface area contributed by atoms with Crippen LogP contribution in [0.25, 0.3) is 6.08 Å². The largest absolute Gasteiger partial charge is 0.466 e. The Morgan fingerprint density at radius 2 is 2.29 bits per heavy atom. The van der Waals surface area contributed by atoms with Crippen molar-refractivity contribution < 1.29 is 9.53 Å². The molecule has 0 N–H and O–H groups in total. The van der Waals surface area contributed by atoms with Gasteiger partial charge in [0.25, 0.3) is 0 Å². The SMILES string of the molecule is COC(=O)C=Cc1c(C)nn(C)c1Cl. The van der Waals surface area contributed by atoms with E-state index >= 15 is 0 Å².